The quantitative estimate of drug-likeness (QED) is 0.0686. The lowest BCUT2D eigenvalue weighted by Crippen LogP contribution is -2.60. The summed E-state index contributed by atoms with van der Waals surface area (Å²) in [4.78, 5) is 135. The number of hydrogen-bond donors (Lipinski definition) is 10. The van der Waals surface area contributed by atoms with Crippen molar-refractivity contribution in [1.82, 2.24) is 52.1 Å². The molecule has 0 aliphatic carbocycles. The Kier molecular flexibility index (Phi) is 22.7. The molecule has 0 radical (unpaired) electrons. The fourth-order valence-corrected chi connectivity index (χ4v) is 10.3. The van der Waals surface area contributed by atoms with Crippen LogP contribution in [0.2, 0.25) is 0 Å². The number of amides is 8. The molecule has 1 aromatic carbocycles. The molecule has 27 heteroatoms. The summed E-state index contributed by atoms with van der Waals surface area (Å²) < 4.78 is 43.6. The van der Waals surface area contributed by atoms with E-state index in [0.29, 0.717) is 33.9 Å². The van der Waals surface area contributed by atoms with E-state index in [1.54, 1.807) is 47.6 Å². The third-order valence-corrected chi connectivity index (χ3v) is 15.1. The first-order chi connectivity index (χ1) is 37.2. The molecule has 10 atom stereocenters. The van der Waals surface area contributed by atoms with Crippen molar-refractivity contribution in [3.05, 3.63) is 52.3 Å². The van der Waals surface area contributed by atoms with Crippen molar-refractivity contribution < 1.29 is 69.8 Å². The predicted octanol–water partition coefficient (Wildman–Crippen LogP) is 2.69. The normalized spacial score (nSPS) is 22.7. The van der Waals surface area contributed by atoms with Gasteiger partial charge < -0.3 is 56.6 Å². The zero-order valence-corrected chi connectivity index (χ0v) is 47.9. The molecular formula is C52H73BrN10O15S. The zero-order chi connectivity index (χ0) is 58.5. The van der Waals surface area contributed by atoms with Gasteiger partial charge in [-0.3, -0.25) is 47.7 Å². The van der Waals surface area contributed by atoms with Crippen LogP contribution in [0.5, 0.6) is 5.75 Å². The Labute approximate surface area is 466 Å². The molecule has 434 valence electrons. The largest absolute Gasteiger partial charge is 0.508 e. The molecule has 79 heavy (non-hydrogen) atoms. The molecule has 1 saturated heterocycles. The molecule has 0 spiro atoms. The number of nitrogens with one attached hydrogen (secondary N) is 8. The number of hydrogen-bond acceptors (Lipinski definition) is 15. The van der Waals surface area contributed by atoms with Gasteiger partial charge in [-0.25, -0.2) is 9.17 Å². The van der Waals surface area contributed by atoms with Crippen LogP contribution in [0, 0.1) is 17.8 Å². The van der Waals surface area contributed by atoms with Crippen LogP contribution in [0.15, 0.2) is 39.6 Å². The summed E-state index contributed by atoms with van der Waals surface area (Å²) in [5.74, 6) is -9.00. The van der Waals surface area contributed by atoms with Gasteiger partial charge in [0.15, 0.2) is 6.10 Å². The number of aromatic nitrogens is 2. The Bertz CT molecular complexity index is 2870. The molecule has 5 rings (SSSR count). The van der Waals surface area contributed by atoms with Crippen molar-refractivity contribution in [2.75, 3.05) is 13.1 Å². The molecule has 4 heterocycles. The number of aromatic hydroxyl groups is 1. The third-order valence-electron chi connectivity index (χ3n) is 14.0. The number of nitrogens with zero attached hydrogens (tertiary/aromatic N) is 2. The minimum atomic E-state index is -5.09. The van der Waals surface area contributed by atoms with Gasteiger partial charge in [-0.15, -0.1) is 0 Å². The van der Waals surface area contributed by atoms with E-state index in [0.717, 1.165) is 6.08 Å². The van der Waals surface area contributed by atoms with Gasteiger partial charge in [-0.2, -0.15) is 8.42 Å². The molecular weight excluding hydrogens is 1120 g/mol. The number of H-pyrrole nitrogens is 1. The number of aromatic amines is 1. The lowest BCUT2D eigenvalue weighted by atomic mass is 9.96. The van der Waals surface area contributed by atoms with Crippen molar-refractivity contribution in [3.63, 3.8) is 0 Å². The van der Waals surface area contributed by atoms with E-state index in [2.05, 4.69) is 63.1 Å². The molecule has 1 fully saturated rings. The van der Waals surface area contributed by atoms with E-state index in [-0.39, 0.29) is 81.3 Å². The highest BCUT2D eigenvalue weighted by molar-refractivity contribution is 9.10. The lowest BCUT2D eigenvalue weighted by Gasteiger charge is -2.31. The molecule has 2 aliphatic rings. The maximum absolute atomic E-state index is 14.8. The van der Waals surface area contributed by atoms with Crippen molar-refractivity contribution >= 4 is 96.3 Å². The first kappa shape index (κ1) is 63.1. The number of fused-ring (bicyclic) bond motifs is 4. The second kappa shape index (κ2) is 28.4. The average molecular weight is 1190 g/mol. The van der Waals surface area contributed by atoms with Crippen LogP contribution in [0.3, 0.4) is 0 Å². The van der Waals surface area contributed by atoms with Gasteiger partial charge in [0.1, 0.15) is 54.0 Å². The Hall–Kier alpha value is -6.71. The van der Waals surface area contributed by atoms with Crippen LogP contribution in [-0.4, -0.2) is 141 Å². The van der Waals surface area contributed by atoms with E-state index in [4.69, 9.17) is 8.60 Å². The van der Waals surface area contributed by atoms with E-state index in [9.17, 15) is 61.2 Å². The van der Waals surface area contributed by atoms with Crippen LogP contribution < -0.4 is 37.2 Å². The first-order valence-electron chi connectivity index (χ1n) is 26.5. The van der Waals surface area contributed by atoms with Crippen LogP contribution in [0.4, 0.5) is 0 Å². The first-order valence-corrected chi connectivity index (χ1v) is 28.6. The minimum Gasteiger partial charge on any atom is -0.508 e. The number of halogens is 1. The molecule has 1 unspecified atom stereocenters. The highest BCUT2D eigenvalue weighted by atomic mass is 79.9. The van der Waals surface area contributed by atoms with Crippen LogP contribution in [-0.2, 0) is 64.2 Å². The Morgan fingerprint density at radius 3 is 2.25 bits per heavy atom. The fourth-order valence-electron chi connectivity index (χ4n) is 9.20. The van der Waals surface area contributed by atoms with Crippen LogP contribution in [0.25, 0.3) is 17.0 Å². The topological polar surface area (TPSA) is 367 Å². The maximum atomic E-state index is 14.8. The van der Waals surface area contributed by atoms with E-state index < -0.39 is 124 Å². The maximum Gasteiger partial charge on any atom is 0.398 e. The lowest BCUT2D eigenvalue weighted by molar-refractivity contribution is -0.144. The number of phenols is 1. The summed E-state index contributed by atoms with van der Waals surface area (Å²) in [6.07, 6.45) is 2.87. The average Bonchev–Trinajstić information content (AvgIpc) is 4.19. The smallest absolute Gasteiger partial charge is 0.398 e. The van der Waals surface area contributed by atoms with Crippen LogP contribution in [0.1, 0.15) is 130 Å². The summed E-state index contributed by atoms with van der Waals surface area (Å²) in [5.41, 5.74) is 1.34. The van der Waals surface area contributed by atoms with Gasteiger partial charge >= 0.3 is 10.4 Å². The third kappa shape index (κ3) is 17.4. The van der Waals surface area contributed by atoms with E-state index >= 15 is 0 Å². The summed E-state index contributed by atoms with van der Waals surface area (Å²) in [6.45, 7) is 13.2. The molecule has 25 nitrogen and oxygen atoms in total. The highest BCUT2D eigenvalue weighted by Gasteiger charge is 2.41. The van der Waals surface area contributed by atoms with Gasteiger partial charge in [-0.1, -0.05) is 61.3 Å². The minimum absolute atomic E-state index is 0.0137. The number of oxazole rings is 1. The summed E-state index contributed by atoms with van der Waals surface area (Å²) in [7, 11) is -5.09. The number of rotatable bonds is 17. The standard InChI is InChI=1S/C52H73BrN10O15S/c1-9-27(6)41(62-50(72)43(28(7)10-2)78-79(74,75)76)48(70)59-34(11-3)46(68)60-36-14-12-20-54-45(67)38(24-33-32-23-31(64)17-18-35(32)58-44(33)53)57-40(65)19-16-30-25-77-51(56-30)29(8)55-49(71)42(66)37(22-26(4)5)61-47(69)39-15-13-21-63(39)52(36)73/h16-19,23,25-29,34,36-39,41,43,58,64H,9-15,20-22,24H2,1-8H3,(H,54,67)(H,55,71)(H,57,65)(H,59,70)(H,60,68)(H,61,69)(H,62,72)(H,74,75,76)/b19-16+/t27?,28-,29-,34-,36-,37-,38-,39-,41-,43-/m0/s1. The van der Waals surface area contributed by atoms with Gasteiger partial charge in [0.2, 0.25) is 47.1 Å². The fraction of sp³-hybridized carbons (Fsp3) is 0.577. The molecule has 10 N–H and O–H groups in total. The zero-order valence-electron chi connectivity index (χ0n) is 45.5. The predicted molar refractivity (Wildman–Crippen MR) is 290 cm³/mol. The highest BCUT2D eigenvalue weighted by Crippen LogP contribution is 2.31. The molecule has 2 aliphatic heterocycles. The number of phenolic OH excluding ortho intramolecular Hbond substituents is 1. The Morgan fingerprint density at radius 2 is 1.59 bits per heavy atom. The van der Waals surface area contributed by atoms with Gasteiger partial charge in [0.25, 0.3) is 11.8 Å². The van der Waals surface area contributed by atoms with Crippen molar-refractivity contribution in [1.29, 1.82) is 0 Å². The molecule has 2 bridgehead atoms. The summed E-state index contributed by atoms with van der Waals surface area (Å²) >= 11 is 3.50. The van der Waals surface area contributed by atoms with Gasteiger partial charge in [0, 0.05) is 36.5 Å². The number of Topliss-reactive ketones (excluding diaryl/α,β-unsaturated/α-hetero) is 1. The Morgan fingerprint density at radius 1 is 0.886 bits per heavy atom. The van der Waals surface area contributed by atoms with Crippen molar-refractivity contribution in [3.8, 4) is 5.75 Å². The van der Waals surface area contributed by atoms with Crippen molar-refractivity contribution in [2.45, 2.75) is 162 Å². The van der Waals surface area contributed by atoms with Gasteiger partial charge in [-0.05, 0) is 109 Å². The second-order valence-electron chi connectivity index (χ2n) is 20.5. The summed E-state index contributed by atoms with van der Waals surface area (Å²) in [5, 5.41) is 29.6. The molecule has 2 aromatic heterocycles. The second-order valence-corrected chi connectivity index (χ2v) is 22.3. The molecule has 3 aromatic rings. The number of benzene rings is 1. The monoisotopic (exact) mass is 1190 g/mol. The Balaban J connectivity index is 1.47. The van der Waals surface area contributed by atoms with E-state index in [1.807, 2.05) is 0 Å². The van der Waals surface area contributed by atoms with Crippen LogP contribution >= 0.6 is 15.9 Å². The number of ketones is 1. The summed E-state index contributed by atoms with van der Waals surface area (Å²) in [6, 6.07) is -4.08. The SMILES string of the molecule is CCC(C)[C@H](NC(=O)[C@@H](OS(=O)(=O)O)[C@@H](C)CC)C(=O)N[C@@H](CC)C(=O)N[C@H]1CCCNC(=O)[C@H](Cc2c(Br)[nH]c3ccc(O)cc23)NC(=O)/C=C/c2coc(n2)[C@H](C)NC(=O)C(=O)[C@H](CC(C)C)NC(=O)[C@@H]2CCCN2C1=O. The number of carbonyl (C=O) groups excluding carboxylic acids is 9. The number of carbonyl (C=O) groups is 9. The van der Waals surface area contributed by atoms with E-state index in [1.165, 1.54) is 43.2 Å². The van der Waals surface area contributed by atoms with Crippen molar-refractivity contribution in [2.24, 2.45) is 17.8 Å². The van der Waals surface area contributed by atoms with Gasteiger partial charge in [0.05, 0.1) is 10.6 Å². The molecule has 0 saturated carbocycles. The molecule has 8 amide bonds.